The van der Waals surface area contributed by atoms with Crippen molar-refractivity contribution < 1.29 is 27.9 Å². The van der Waals surface area contributed by atoms with Gasteiger partial charge in [0, 0.05) is 5.69 Å². The van der Waals surface area contributed by atoms with E-state index in [1.165, 1.54) is 13.0 Å². The maximum atomic E-state index is 12.7. The van der Waals surface area contributed by atoms with Crippen molar-refractivity contribution in [3.8, 4) is 0 Å². The van der Waals surface area contributed by atoms with Gasteiger partial charge in [-0.3, -0.25) is 9.59 Å². The lowest BCUT2D eigenvalue weighted by Crippen LogP contribution is -2.44. The first-order chi connectivity index (χ1) is 11.0. The average molecular weight is 346 g/mol. The average Bonchev–Trinajstić information content (AvgIpc) is 2.46. The molecule has 8 heteroatoms. The van der Waals surface area contributed by atoms with E-state index >= 15 is 0 Å². The van der Waals surface area contributed by atoms with Gasteiger partial charge in [0.25, 0.3) is 0 Å². The molecule has 0 aliphatic heterocycles. The Bertz CT molecular complexity index is 601. The van der Waals surface area contributed by atoms with Crippen LogP contribution in [0.25, 0.3) is 0 Å². The highest BCUT2D eigenvalue weighted by Crippen LogP contribution is 2.32. The Labute approximate surface area is 138 Å². The number of carbonyl (C=O) groups excluding carboxylic acids is 2. The van der Waals surface area contributed by atoms with Crippen LogP contribution in [-0.2, 0) is 15.8 Å². The predicted octanol–water partition coefficient (Wildman–Crippen LogP) is 2.48. The van der Waals surface area contributed by atoms with E-state index in [4.69, 9.17) is 0 Å². The van der Waals surface area contributed by atoms with E-state index in [-0.39, 0.29) is 18.2 Å². The molecule has 0 saturated carbocycles. The van der Waals surface area contributed by atoms with Gasteiger partial charge in [-0.05, 0) is 37.0 Å². The Kier molecular flexibility index (Phi) is 6.77. The van der Waals surface area contributed by atoms with E-state index in [1.807, 2.05) is 13.8 Å². The van der Waals surface area contributed by atoms with E-state index in [0.29, 0.717) is 12.0 Å². The third kappa shape index (κ3) is 5.84. The minimum atomic E-state index is -4.55. The van der Waals surface area contributed by atoms with Crippen molar-refractivity contribution in [2.75, 3.05) is 11.9 Å². The molecule has 2 amide bonds. The minimum Gasteiger partial charge on any atom is -0.394 e. The first-order valence-corrected chi connectivity index (χ1v) is 7.45. The van der Waals surface area contributed by atoms with Crippen molar-refractivity contribution in [1.82, 2.24) is 5.32 Å². The normalized spacial score (nSPS) is 12.8. The van der Waals surface area contributed by atoms with Crippen LogP contribution in [0.5, 0.6) is 0 Å². The zero-order valence-corrected chi connectivity index (χ0v) is 13.7. The molecule has 0 heterocycles. The summed E-state index contributed by atoms with van der Waals surface area (Å²) in [5.41, 5.74) is -0.615. The van der Waals surface area contributed by atoms with Gasteiger partial charge in [0.2, 0.25) is 0 Å². The number of anilines is 1. The first-order valence-electron chi connectivity index (χ1n) is 7.45. The van der Waals surface area contributed by atoms with Crippen LogP contribution in [0, 0.1) is 12.8 Å². The summed E-state index contributed by atoms with van der Waals surface area (Å²) in [5, 5.41) is 13.7. The van der Waals surface area contributed by atoms with E-state index in [0.717, 1.165) is 12.1 Å². The van der Waals surface area contributed by atoms with E-state index in [9.17, 15) is 27.9 Å². The van der Waals surface area contributed by atoms with Crippen molar-refractivity contribution in [3.63, 3.8) is 0 Å². The van der Waals surface area contributed by atoms with Gasteiger partial charge >= 0.3 is 18.0 Å². The van der Waals surface area contributed by atoms with Crippen LogP contribution in [0.4, 0.5) is 18.9 Å². The molecule has 0 aliphatic rings. The van der Waals surface area contributed by atoms with Crippen LogP contribution in [0.3, 0.4) is 0 Å². The number of alkyl halides is 3. The van der Waals surface area contributed by atoms with Crippen LogP contribution >= 0.6 is 0 Å². The molecule has 0 spiro atoms. The minimum absolute atomic E-state index is 0.0885. The summed E-state index contributed by atoms with van der Waals surface area (Å²) in [5.74, 6) is -1.90. The van der Waals surface area contributed by atoms with Gasteiger partial charge in [0.05, 0.1) is 18.2 Å². The first kappa shape index (κ1) is 20.0. The molecule has 0 saturated heterocycles. The van der Waals surface area contributed by atoms with E-state index < -0.39 is 29.6 Å². The molecule has 134 valence electrons. The molecule has 1 atom stereocenters. The Morgan fingerprint density at radius 3 is 2.33 bits per heavy atom. The smallest absolute Gasteiger partial charge is 0.394 e. The second-order valence-electron chi connectivity index (χ2n) is 5.96. The van der Waals surface area contributed by atoms with Crippen molar-refractivity contribution in [3.05, 3.63) is 29.3 Å². The zero-order valence-electron chi connectivity index (χ0n) is 13.7. The Hall–Kier alpha value is -2.09. The number of aliphatic hydroxyl groups is 1. The molecule has 1 rings (SSSR count). The summed E-state index contributed by atoms with van der Waals surface area (Å²) < 4.78 is 38.1. The maximum absolute atomic E-state index is 12.7. The number of nitrogens with one attached hydrogen (secondary N) is 2. The number of hydrogen-bond acceptors (Lipinski definition) is 3. The lowest BCUT2D eigenvalue weighted by molar-refractivity contribution is -0.137. The summed E-state index contributed by atoms with van der Waals surface area (Å²) >= 11 is 0. The van der Waals surface area contributed by atoms with Crippen LogP contribution in [0.15, 0.2) is 18.2 Å². The summed E-state index contributed by atoms with van der Waals surface area (Å²) in [6, 6.07) is 2.30. The molecule has 3 N–H and O–H groups in total. The topological polar surface area (TPSA) is 78.4 Å². The molecule has 1 aromatic rings. The molecular formula is C16H21F3N2O3. The number of carbonyl (C=O) groups is 2. The lowest BCUT2D eigenvalue weighted by atomic mass is 10.0. The zero-order chi connectivity index (χ0) is 18.5. The van der Waals surface area contributed by atoms with Crippen LogP contribution < -0.4 is 10.6 Å². The lowest BCUT2D eigenvalue weighted by Gasteiger charge is -2.18. The molecule has 0 radical (unpaired) electrons. The Morgan fingerprint density at radius 1 is 1.21 bits per heavy atom. The number of amides is 2. The largest absolute Gasteiger partial charge is 0.416 e. The quantitative estimate of drug-likeness (QED) is 0.717. The molecule has 1 unspecified atom stereocenters. The van der Waals surface area contributed by atoms with Crippen molar-refractivity contribution in [2.45, 2.75) is 39.4 Å². The van der Waals surface area contributed by atoms with Crippen molar-refractivity contribution >= 4 is 17.5 Å². The Balaban J connectivity index is 2.82. The number of aliphatic hydroxyl groups excluding tert-OH is 1. The van der Waals surface area contributed by atoms with Gasteiger partial charge in [-0.25, -0.2) is 0 Å². The maximum Gasteiger partial charge on any atom is 0.416 e. The fourth-order valence-electron chi connectivity index (χ4n) is 2.11. The van der Waals surface area contributed by atoms with Gasteiger partial charge in [-0.15, -0.1) is 0 Å². The highest BCUT2D eigenvalue weighted by molar-refractivity contribution is 6.39. The molecule has 0 aromatic heterocycles. The fourth-order valence-corrected chi connectivity index (χ4v) is 2.11. The molecule has 1 aromatic carbocycles. The van der Waals surface area contributed by atoms with Crippen molar-refractivity contribution in [2.24, 2.45) is 5.92 Å². The second-order valence-corrected chi connectivity index (χ2v) is 5.96. The molecule has 0 bridgehead atoms. The monoisotopic (exact) mass is 346 g/mol. The third-order valence-electron chi connectivity index (χ3n) is 3.33. The van der Waals surface area contributed by atoms with Gasteiger partial charge in [-0.1, -0.05) is 19.9 Å². The fraction of sp³-hybridized carbons (Fsp3) is 0.500. The summed E-state index contributed by atoms with van der Waals surface area (Å²) in [7, 11) is 0. The van der Waals surface area contributed by atoms with Gasteiger partial charge in [0.15, 0.2) is 0 Å². The molecule has 0 aliphatic carbocycles. The third-order valence-corrected chi connectivity index (χ3v) is 3.33. The van der Waals surface area contributed by atoms with Gasteiger partial charge in [0.1, 0.15) is 0 Å². The number of aryl methyl sites for hydroxylation is 1. The molecule has 0 fully saturated rings. The molecular weight excluding hydrogens is 325 g/mol. The molecule has 24 heavy (non-hydrogen) atoms. The van der Waals surface area contributed by atoms with Crippen molar-refractivity contribution in [1.29, 1.82) is 0 Å². The standard InChI is InChI=1S/C16H21F3N2O3/c1-9(2)6-12(8-22)20-14(23)15(24)21-13-7-11(16(17,18)19)5-4-10(13)3/h4-5,7,9,12,22H,6,8H2,1-3H3,(H,20,23)(H,21,24). The van der Waals surface area contributed by atoms with E-state index in [1.54, 1.807) is 0 Å². The van der Waals surface area contributed by atoms with E-state index in [2.05, 4.69) is 10.6 Å². The number of hydrogen-bond donors (Lipinski definition) is 3. The second kappa shape index (κ2) is 8.14. The van der Waals surface area contributed by atoms with Crippen LogP contribution in [-0.4, -0.2) is 29.6 Å². The van der Waals surface area contributed by atoms with Crippen LogP contribution in [0.2, 0.25) is 0 Å². The SMILES string of the molecule is Cc1ccc(C(F)(F)F)cc1NC(=O)C(=O)NC(CO)CC(C)C. The number of benzene rings is 1. The molecule has 5 nitrogen and oxygen atoms in total. The highest BCUT2D eigenvalue weighted by atomic mass is 19.4. The highest BCUT2D eigenvalue weighted by Gasteiger charge is 2.31. The summed E-state index contributed by atoms with van der Waals surface area (Å²) in [6.07, 6.45) is -4.08. The van der Waals surface area contributed by atoms with Crippen LogP contribution in [0.1, 0.15) is 31.4 Å². The van der Waals surface area contributed by atoms with Gasteiger partial charge < -0.3 is 15.7 Å². The predicted molar refractivity (Wildman–Crippen MR) is 83.3 cm³/mol. The number of halogens is 3. The Morgan fingerprint density at radius 2 is 1.83 bits per heavy atom. The van der Waals surface area contributed by atoms with Gasteiger partial charge in [-0.2, -0.15) is 13.2 Å². The summed E-state index contributed by atoms with van der Waals surface area (Å²) in [4.78, 5) is 23.7. The number of rotatable bonds is 5. The summed E-state index contributed by atoms with van der Waals surface area (Å²) in [6.45, 7) is 4.96.